The van der Waals surface area contributed by atoms with Gasteiger partial charge in [0, 0.05) is 12.1 Å². The Labute approximate surface area is 116 Å². The summed E-state index contributed by atoms with van der Waals surface area (Å²) < 4.78 is 18.3. The van der Waals surface area contributed by atoms with Gasteiger partial charge in [0.2, 0.25) is 0 Å². The van der Waals surface area contributed by atoms with Crippen LogP contribution in [0.1, 0.15) is 32.1 Å². The normalized spacial score (nSPS) is 17.1. The van der Waals surface area contributed by atoms with Gasteiger partial charge in [-0.15, -0.1) is 0 Å². The average Bonchev–Trinajstić information content (AvgIpc) is 2.89. The van der Waals surface area contributed by atoms with Gasteiger partial charge in [-0.2, -0.15) is 0 Å². The number of hydrogen-bond acceptors (Lipinski definition) is 4. The molecule has 110 valence electrons. The quantitative estimate of drug-likeness (QED) is 0.643. The molecular formula is C14H18FNO4. The van der Waals surface area contributed by atoms with Crippen molar-refractivity contribution in [3.05, 3.63) is 34.1 Å². The number of halogens is 1. The van der Waals surface area contributed by atoms with Crippen molar-refractivity contribution in [3.8, 4) is 5.75 Å². The van der Waals surface area contributed by atoms with Crippen LogP contribution in [-0.2, 0) is 0 Å². The molecule has 20 heavy (non-hydrogen) atoms. The molecule has 1 aromatic rings. The summed E-state index contributed by atoms with van der Waals surface area (Å²) in [6.07, 6.45) is 4.54. The minimum Gasteiger partial charge on any atom is -0.484 e. The zero-order chi connectivity index (χ0) is 14.5. The number of nitro benzene ring substituents is 1. The molecule has 0 radical (unpaired) electrons. The third-order valence-electron chi connectivity index (χ3n) is 3.63. The van der Waals surface area contributed by atoms with E-state index in [0.29, 0.717) is 12.3 Å². The lowest BCUT2D eigenvalue weighted by atomic mass is 10.0. The fourth-order valence-corrected chi connectivity index (χ4v) is 2.64. The van der Waals surface area contributed by atoms with Crippen LogP contribution < -0.4 is 4.74 Å². The molecule has 5 nitrogen and oxygen atoms in total. The van der Waals surface area contributed by atoms with E-state index in [1.807, 2.05) is 0 Å². The van der Waals surface area contributed by atoms with Gasteiger partial charge in [-0.05, 0) is 18.4 Å². The fraction of sp³-hybridized carbons (Fsp3) is 0.571. The first kappa shape index (κ1) is 14.7. The topological polar surface area (TPSA) is 72.6 Å². The van der Waals surface area contributed by atoms with Crippen molar-refractivity contribution >= 4 is 5.69 Å². The maximum Gasteiger partial charge on any atom is 0.311 e. The van der Waals surface area contributed by atoms with E-state index in [2.05, 4.69) is 0 Å². The SMILES string of the molecule is O=[N+]([O-])c1ccc(F)cc1OCC(O)CC1CCCC1. The van der Waals surface area contributed by atoms with Gasteiger partial charge in [0.05, 0.1) is 11.0 Å². The number of aliphatic hydroxyl groups is 1. The van der Waals surface area contributed by atoms with Crippen LogP contribution in [0.15, 0.2) is 18.2 Å². The maximum absolute atomic E-state index is 13.1. The number of aliphatic hydroxyl groups excluding tert-OH is 1. The number of ether oxygens (including phenoxy) is 1. The number of hydrogen-bond donors (Lipinski definition) is 1. The Morgan fingerprint density at radius 3 is 2.80 bits per heavy atom. The van der Waals surface area contributed by atoms with Crippen LogP contribution in [-0.4, -0.2) is 22.7 Å². The van der Waals surface area contributed by atoms with Crippen molar-refractivity contribution in [3.63, 3.8) is 0 Å². The zero-order valence-corrected chi connectivity index (χ0v) is 11.1. The highest BCUT2D eigenvalue weighted by Gasteiger charge is 2.21. The van der Waals surface area contributed by atoms with Crippen LogP contribution in [0.3, 0.4) is 0 Å². The summed E-state index contributed by atoms with van der Waals surface area (Å²) in [6.45, 7) is -0.0548. The summed E-state index contributed by atoms with van der Waals surface area (Å²) in [6, 6.07) is 3.05. The van der Waals surface area contributed by atoms with Gasteiger partial charge in [0.1, 0.15) is 12.4 Å². The van der Waals surface area contributed by atoms with E-state index in [0.717, 1.165) is 31.0 Å². The molecular weight excluding hydrogens is 265 g/mol. The largest absolute Gasteiger partial charge is 0.484 e. The van der Waals surface area contributed by atoms with E-state index in [1.54, 1.807) is 0 Å². The van der Waals surface area contributed by atoms with Crippen molar-refractivity contribution in [2.45, 2.75) is 38.2 Å². The van der Waals surface area contributed by atoms with E-state index in [4.69, 9.17) is 4.74 Å². The van der Waals surface area contributed by atoms with Gasteiger partial charge < -0.3 is 9.84 Å². The van der Waals surface area contributed by atoms with Gasteiger partial charge in [-0.3, -0.25) is 10.1 Å². The molecule has 1 aromatic carbocycles. The summed E-state index contributed by atoms with van der Waals surface area (Å²) in [5, 5.41) is 20.7. The molecule has 1 fully saturated rings. The van der Waals surface area contributed by atoms with Crippen molar-refractivity contribution in [1.82, 2.24) is 0 Å². The average molecular weight is 283 g/mol. The Balaban J connectivity index is 1.92. The molecule has 1 atom stereocenters. The van der Waals surface area contributed by atoms with Crippen molar-refractivity contribution in [2.75, 3.05) is 6.61 Å². The van der Waals surface area contributed by atoms with Crippen LogP contribution in [0.4, 0.5) is 10.1 Å². The lowest BCUT2D eigenvalue weighted by Gasteiger charge is -2.16. The van der Waals surface area contributed by atoms with Crippen molar-refractivity contribution in [2.24, 2.45) is 5.92 Å². The molecule has 1 saturated carbocycles. The predicted octanol–water partition coefficient (Wildman–Crippen LogP) is 3.05. The standard InChI is InChI=1S/C14H18FNO4/c15-11-5-6-13(16(18)19)14(8-11)20-9-12(17)7-10-3-1-2-4-10/h5-6,8,10,12,17H,1-4,7,9H2. The summed E-state index contributed by atoms with van der Waals surface area (Å²) in [5.41, 5.74) is -0.292. The van der Waals surface area contributed by atoms with Crippen molar-refractivity contribution < 1.29 is 19.2 Å². The van der Waals surface area contributed by atoms with E-state index in [9.17, 15) is 19.6 Å². The van der Waals surface area contributed by atoms with E-state index in [1.165, 1.54) is 12.8 Å². The molecule has 2 rings (SSSR count). The van der Waals surface area contributed by atoms with Crippen LogP contribution >= 0.6 is 0 Å². The Morgan fingerprint density at radius 2 is 2.15 bits per heavy atom. The molecule has 1 aliphatic rings. The Hall–Kier alpha value is -1.69. The van der Waals surface area contributed by atoms with Crippen LogP contribution in [0.2, 0.25) is 0 Å². The molecule has 1 unspecified atom stereocenters. The summed E-state index contributed by atoms with van der Waals surface area (Å²) in [4.78, 5) is 10.2. The molecule has 6 heteroatoms. The molecule has 1 aliphatic carbocycles. The highest BCUT2D eigenvalue weighted by molar-refractivity contribution is 5.46. The molecule has 0 heterocycles. The molecule has 0 aromatic heterocycles. The number of rotatable bonds is 6. The second-order valence-corrected chi connectivity index (χ2v) is 5.22. The van der Waals surface area contributed by atoms with Gasteiger partial charge in [-0.1, -0.05) is 25.7 Å². The summed E-state index contributed by atoms with van der Waals surface area (Å²) in [5.74, 6) is -0.243. The highest BCUT2D eigenvalue weighted by atomic mass is 19.1. The smallest absolute Gasteiger partial charge is 0.311 e. The molecule has 0 saturated heterocycles. The lowest BCUT2D eigenvalue weighted by Crippen LogP contribution is -2.20. The monoisotopic (exact) mass is 283 g/mol. The number of nitrogens with zero attached hydrogens (tertiary/aromatic N) is 1. The minimum absolute atomic E-state index is 0.0548. The molecule has 1 N–H and O–H groups in total. The van der Waals surface area contributed by atoms with E-state index < -0.39 is 16.8 Å². The fourth-order valence-electron chi connectivity index (χ4n) is 2.64. The first-order chi connectivity index (χ1) is 9.56. The Kier molecular flexibility index (Phi) is 4.89. The molecule has 0 spiro atoms. The van der Waals surface area contributed by atoms with Gasteiger partial charge >= 0.3 is 5.69 Å². The van der Waals surface area contributed by atoms with Gasteiger partial charge in [0.25, 0.3) is 0 Å². The lowest BCUT2D eigenvalue weighted by molar-refractivity contribution is -0.386. The first-order valence-corrected chi connectivity index (χ1v) is 6.81. The molecule has 0 amide bonds. The van der Waals surface area contributed by atoms with E-state index >= 15 is 0 Å². The number of nitro groups is 1. The zero-order valence-electron chi connectivity index (χ0n) is 11.1. The highest BCUT2D eigenvalue weighted by Crippen LogP contribution is 2.30. The first-order valence-electron chi connectivity index (χ1n) is 6.81. The Morgan fingerprint density at radius 1 is 1.45 bits per heavy atom. The predicted molar refractivity (Wildman–Crippen MR) is 71.1 cm³/mol. The second-order valence-electron chi connectivity index (χ2n) is 5.22. The maximum atomic E-state index is 13.1. The van der Waals surface area contributed by atoms with Crippen LogP contribution in [0, 0.1) is 21.8 Å². The van der Waals surface area contributed by atoms with E-state index in [-0.39, 0.29) is 18.0 Å². The second kappa shape index (κ2) is 6.65. The summed E-state index contributed by atoms with van der Waals surface area (Å²) >= 11 is 0. The third-order valence-corrected chi connectivity index (χ3v) is 3.63. The minimum atomic E-state index is -0.680. The summed E-state index contributed by atoms with van der Waals surface area (Å²) in [7, 11) is 0. The van der Waals surface area contributed by atoms with Gasteiger partial charge in [0.15, 0.2) is 5.75 Å². The molecule has 0 bridgehead atoms. The number of benzene rings is 1. The Bertz CT molecular complexity index is 474. The van der Waals surface area contributed by atoms with Crippen LogP contribution in [0.5, 0.6) is 5.75 Å². The van der Waals surface area contributed by atoms with Gasteiger partial charge in [-0.25, -0.2) is 4.39 Å². The molecule has 0 aliphatic heterocycles. The van der Waals surface area contributed by atoms with Crippen LogP contribution in [0.25, 0.3) is 0 Å². The third kappa shape index (κ3) is 3.90. The van der Waals surface area contributed by atoms with Crippen molar-refractivity contribution in [1.29, 1.82) is 0 Å².